The summed E-state index contributed by atoms with van der Waals surface area (Å²) in [5.74, 6) is -1.11. The Morgan fingerprint density at radius 2 is 2.20 bits per heavy atom. The number of hydrogen-bond donors (Lipinski definition) is 1. The van der Waals surface area contributed by atoms with E-state index in [-0.39, 0.29) is 11.4 Å². The molecule has 0 aliphatic carbocycles. The van der Waals surface area contributed by atoms with Gasteiger partial charge in [0, 0.05) is 13.2 Å². The van der Waals surface area contributed by atoms with Crippen molar-refractivity contribution in [2.24, 2.45) is 7.05 Å². The minimum absolute atomic E-state index is 0.0869. The minimum atomic E-state index is -1.11. The number of carboxylic acid groups (broad SMARTS) is 1. The van der Waals surface area contributed by atoms with Crippen LogP contribution in [0.4, 0.5) is 0 Å². The summed E-state index contributed by atoms with van der Waals surface area (Å²) < 4.78 is 0. The number of aryl methyl sites for hydroxylation is 1. The lowest BCUT2D eigenvalue weighted by Gasteiger charge is -1.94. The van der Waals surface area contributed by atoms with Crippen molar-refractivity contribution in [2.75, 3.05) is 0 Å². The van der Waals surface area contributed by atoms with Crippen molar-refractivity contribution in [3.63, 3.8) is 0 Å². The van der Waals surface area contributed by atoms with Gasteiger partial charge in [0.25, 0.3) is 0 Å². The van der Waals surface area contributed by atoms with Crippen LogP contribution in [-0.2, 0) is 7.05 Å². The van der Waals surface area contributed by atoms with Gasteiger partial charge in [-0.3, -0.25) is 4.98 Å². The molecule has 6 heteroatoms. The molecule has 0 unspecified atom stereocenters. The van der Waals surface area contributed by atoms with Gasteiger partial charge in [0.2, 0.25) is 0 Å². The van der Waals surface area contributed by atoms with Gasteiger partial charge in [-0.25, -0.2) is 4.79 Å². The second kappa shape index (κ2) is 3.49. The van der Waals surface area contributed by atoms with Gasteiger partial charge >= 0.3 is 5.97 Å². The molecule has 2 rings (SSSR count). The molecular formula is C9H8N4O2. The second-order valence-corrected chi connectivity index (χ2v) is 2.91. The van der Waals surface area contributed by atoms with Gasteiger partial charge < -0.3 is 5.11 Å². The molecule has 0 bridgehead atoms. The first-order chi connectivity index (χ1) is 7.18. The van der Waals surface area contributed by atoms with Crippen LogP contribution in [0.5, 0.6) is 0 Å². The number of rotatable bonds is 2. The van der Waals surface area contributed by atoms with Crippen LogP contribution in [0.1, 0.15) is 10.5 Å². The first kappa shape index (κ1) is 9.32. The van der Waals surface area contributed by atoms with E-state index in [4.69, 9.17) is 5.11 Å². The molecule has 76 valence electrons. The van der Waals surface area contributed by atoms with Crippen molar-refractivity contribution >= 4 is 5.97 Å². The summed E-state index contributed by atoms with van der Waals surface area (Å²) in [6, 6.07) is 5.21. The third-order valence-electron chi connectivity index (χ3n) is 1.82. The second-order valence-electron chi connectivity index (χ2n) is 2.91. The Balaban J connectivity index is 2.58. The predicted octanol–water partition coefficient (Wildman–Crippen LogP) is 0.575. The molecule has 0 radical (unpaired) electrons. The Kier molecular flexibility index (Phi) is 2.17. The maximum atomic E-state index is 10.9. The van der Waals surface area contributed by atoms with Crippen LogP contribution in [-0.4, -0.2) is 31.1 Å². The van der Waals surface area contributed by atoms with Gasteiger partial charge in [-0.1, -0.05) is 6.07 Å². The molecule has 1 N–H and O–H groups in total. The number of nitrogens with zero attached hydrogens (tertiary/aromatic N) is 4. The summed E-state index contributed by atoms with van der Waals surface area (Å²) >= 11 is 0. The highest BCUT2D eigenvalue weighted by atomic mass is 16.4. The third kappa shape index (κ3) is 1.69. The molecule has 0 aromatic carbocycles. The molecule has 2 aromatic heterocycles. The van der Waals surface area contributed by atoms with E-state index in [1.54, 1.807) is 31.4 Å². The Morgan fingerprint density at radius 3 is 2.80 bits per heavy atom. The highest BCUT2D eigenvalue weighted by Crippen LogP contribution is 2.16. The van der Waals surface area contributed by atoms with Crippen molar-refractivity contribution < 1.29 is 9.90 Å². The first-order valence-corrected chi connectivity index (χ1v) is 4.24. The SMILES string of the molecule is Cn1nc(C(=O)O)c(-c2ccccn2)n1. The van der Waals surface area contributed by atoms with E-state index in [0.29, 0.717) is 5.69 Å². The van der Waals surface area contributed by atoms with Crippen LogP contribution >= 0.6 is 0 Å². The Morgan fingerprint density at radius 1 is 1.40 bits per heavy atom. The van der Waals surface area contributed by atoms with Crippen molar-refractivity contribution in [2.45, 2.75) is 0 Å². The van der Waals surface area contributed by atoms with Crippen molar-refractivity contribution in [1.29, 1.82) is 0 Å². The normalized spacial score (nSPS) is 10.2. The zero-order chi connectivity index (χ0) is 10.8. The van der Waals surface area contributed by atoms with E-state index < -0.39 is 5.97 Å². The van der Waals surface area contributed by atoms with E-state index in [0.717, 1.165) is 0 Å². The summed E-state index contributed by atoms with van der Waals surface area (Å²) in [5.41, 5.74) is 0.699. The van der Waals surface area contributed by atoms with Crippen LogP contribution in [0.2, 0.25) is 0 Å². The lowest BCUT2D eigenvalue weighted by molar-refractivity contribution is 0.0690. The topological polar surface area (TPSA) is 80.9 Å². The van der Waals surface area contributed by atoms with Crippen LogP contribution in [0.15, 0.2) is 24.4 Å². The predicted molar refractivity (Wildman–Crippen MR) is 51.2 cm³/mol. The molecule has 0 aliphatic heterocycles. The molecule has 6 nitrogen and oxygen atoms in total. The van der Waals surface area contributed by atoms with Gasteiger partial charge in [-0.15, -0.1) is 5.10 Å². The monoisotopic (exact) mass is 204 g/mol. The highest BCUT2D eigenvalue weighted by Gasteiger charge is 2.18. The number of pyridine rings is 1. The van der Waals surface area contributed by atoms with E-state index in [9.17, 15) is 4.79 Å². The molecular weight excluding hydrogens is 196 g/mol. The lowest BCUT2D eigenvalue weighted by Crippen LogP contribution is -2.00. The van der Waals surface area contributed by atoms with Gasteiger partial charge in [0.05, 0.1) is 5.69 Å². The number of aromatic nitrogens is 4. The molecule has 2 heterocycles. The maximum absolute atomic E-state index is 10.9. The number of hydrogen-bond acceptors (Lipinski definition) is 4. The summed E-state index contributed by atoms with van der Waals surface area (Å²) in [7, 11) is 1.57. The lowest BCUT2D eigenvalue weighted by atomic mass is 10.2. The smallest absolute Gasteiger partial charge is 0.358 e. The molecule has 0 fully saturated rings. The number of aromatic carboxylic acids is 1. The Bertz CT molecular complexity index is 492. The Labute approximate surface area is 85.2 Å². The largest absolute Gasteiger partial charge is 0.476 e. The van der Waals surface area contributed by atoms with Gasteiger partial charge in [-0.2, -0.15) is 9.90 Å². The summed E-state index contributed by atoms with van der Waals surface area (Å²) in [5, 5.41) is 16.6. The van der Waals surface area contributed by atoms with Crippen LogP contribution in [0.3, 0.4) is 0 Å². The maximum Gasteiger partial charge on any atom is 0.358 e. The fourth-order valence-corrected chi connectivity index (χ4v) is 1.23. The third-order valence-corrected chi connectivity index (χ3v) is 1.82. The van der Waals surface area contributed by atoms with Crippen molar-refractivity contribution in [3.05, 3.63) is 30.1 Å². The highest BCUT2D eigenvalue weighted by molar-refractivity contribution is 5.91. The number of carbonyl (C=O) groups is 1. The standard InChI is InChI=1S/C9H8N4O2/c1-13-11-7(8(12-13)9(14)15)6-4-2-3-5-10-6/h2-5H,1H3,(H,14,15). The zero-order valence-corrected chi connectivity index (χ0v) is 7.95. The van der Waals surface area contributed by atoms with Crippen molar-refractivity contribution in [3.8, 4) is 11.4 Å². The molecule has 2 aromatic rings. The Hall–Kier alpha value is -2.24. The van der Waals surface area contributed by atoms with Crippen LogP contribution < -0.4 is 0 Å². The van der Waals surface area contributed by atoms with Crippen LogP contribution in [0, 0.1) is 0 Å². The van der Waals surface area contributed by atoms with Crippen LogP contribution in [0.25, 0.3) is 11.4 Å². The van der Waals surface area contributed by atoms with Gasteiger partial charge in [0.1, 0.15) is 5.69 Å². The fourth-order valence-electron chi connectivity index (χ4n) is 1.23. The fraction of sp³-hybridized carbons (Fsp3) is 0.111. The van der Waals surface area contributed by atoms with Gasteiger partial charge in [-0.05, 0) is 12.1 Å². The zero-order valence-electron chi connectivity index (χ0n) is 7.95. The van der Waals surface area contributed by atoms with E-state index in [1.165, 1.54) is 4.80 Å². The molecule has 0 saturated carbocycles. The summed E-state index contributed by atoms with van der Waals surface area (Å²) in [6.07, 6.45) is 1.58. The molecule has 0 aliphatic rings. The summed E-state index contributed by atoms with van der Waals surface area (Å²) in [4.78, 5) is 16.1. The molecule has 0 spiro atoms. The van der Waals surface area contributed by atoms with E-state index in [1.807, 2.05) is 0 Å². The quantitative estimate of drug-likeness (QED) is 0.773. The van der Waals surface area contributed by atoms with Gasteiger partial charge in [0.15, 0.2) is 5.69 Å². The molecule has 15 heavy (non-hydrogen) atoms. The first-order valence-electron chi connectivity index (χ1n) is 4.24. The summed E-state index contributed by atoms with van der Waals surface area (Å²) in [6.45, 7) is 0. The average molecular weight is 204 g/mol. The molecule has 0 atom stereocenters. The number of carboxylic acids is 1. The van der Waals surface area contributed by atoms with E-state index >= 15 is 0 Å². The minimum Gasteiger partial charge on any atom is -0.476 e. The molecule has 0 saturated heterocycles. The van der Waals surface area contributed by atoms with E-state index in [2.05, 4.69) is 15.2 Å². The molecule has 0 amide bonds. The average Bonchev–Trinajstić information content (AvgIpc) is 2.62. The van der Waals surface area contributed by atoms with Crippen molar-refractivity contribution in [1.82, 2.24) is 20.0 Å².